The van der Waals surface area contributed by atoms with E-state index in [0.29, 0.717) is 43.0 Å². The number of carbonyl (C=O) groups excluding carboxylic acids is 3. The van der Waals surface area contributed by atoms with Crippen molar-refractivity contribution in [3.05, 3.63) is 82.1 Å². The van der Waals surface area contributed by atoms with Gasteiger partial charge in [-0.05, 0) is 50.5 Å². The van der Waals surface area contributed by atoms with Crippen LogP contribution in [0.2, 0.25) is 0 Å². The van der Waals surface area contributed by atoms with Gasteiger partial charge in [0.2, 0.25) is 0 Å². The van der Waals surface area contributed by atoms with Gasteiger partial charge in [-0.15, -0.1) is 0 Å². The molecule has 37 heavy (non-hydrogen) atoms. The highest BCUT2D eigenvalue weighted by Gasteiger charge is 2.38. The van der Waals surface area contributed by atoms with E-state index in [-0.39, 0.29) is 18.5 Å². The lowest BCUT2D eigenvalue weighted by Gasteiger charge is -2.37. The molecular formula is C29H36N4O4. The molecule has 2 heterocycles. The van der Waals surface area contributed by atoms with E-state index >= 15 is 0 Å². The van der Waals surface area contributed by atoms with Crippen LogP contribution in [0.5, 0.6) is 0 Å². The number of esters is 1. The molecule has 2 aromatic rings. The van der Waals surface area contributed by atoms with Crippen LogP contribution in [0, 0.1) is 13.8 Å². The number of ether oxygens (including phenoxy) is 1. The lowest BCUT2D eigenvalue weighted by molar-refractivity contribution is -0.139. The minimum absolute atomic E-state index is 0.0297. The third-order valence-corrected chi connectivity index (χ3v) is 7.12. The average molecular weight is 505 g/mol. The predicted molar refractivity (Wildman–Crippen MR) is 142 cm³/mol. The minimum atomic E-state index is -0.592. The Kier molecular flexibility index (Phi) is 8.28. The number of hydrogen-bond acceptors (Lipinski definition) is 5. The maximum absolute atomic E-state index is 13.3. The van der Waals surface area contributed by atoms with Gasteiger partial charge in [-0.25, -0.2) is 9.59 Å². The van der Waals surface area contributed by atoms with Crippen LogP contribution in [-0.2, 0) is 9.53 Å². The number of nitrogens with one attached hydrogen (secondary N) is 1. The van der Waals surface area contributed by atoms with Gasteiger partial charge < -0.3 is 15.0 Å². The van der Waals surface area contributed by atoms with E-state index in [1.807, 2.05) is 67.3 Å². The first kappa shape index (κ1) is 26.4. The molecule has 0 unspecified atom stereocenters. The minimum Gasteiger partial charge on any atom is -0.463 e. The predicted octanol–water partition coefficient (Wildman–Crippen LogP) is 3.66. The van der Waals surface area contributed by atoms with Crippen molar-refractivity contribution >= 4 is 17.9 Å². The third kappa shape index (κ3) is 5.85. The van der Waals surface area contributed by atoms with Crippen LogP contribution in [0.4, 0.5) is 4.79 Å². The van der Waals surface area contributed by atoms with Crippen molar-refractivity contribution in [2.45, 2.75) is 33.2 Å². The molecule has 0 bridgehead atoms. The lowest BCUT2D eigenvalue weighted by Crippen LogP contribution is -2.49. The SMILES string of the molecule is CCOC(=O)C1=C(CN2CCCN(C(=O)c3ccc(C)cc3)CC2)N(C)C(=O)N[C@@H]1c1ccccc1C. The van der Waals surface area contributed by atoms with Gasteiger partial charge in [0.05, 0.1) is 18.2 Å². The van der Waals surface area contributed by atoms with Crippen LogP contribution in [0.25, 0.3) is 0 Å². The van der Waals surface area contributed by atoms with Gasteiger partial charge in [-0.3, -0.25) is 14.6 Å². The first-order chi connectivity index (χ1) is 17.8. The largest absolute Gasteiger partial charge is 0.463 e. The fourth-order valence-electron chi connectivity index (χ4n) is 4.96. The first-order valence-corrected chi connectivity index (χ1v) is 12.9. The summed E-state index contributed by atoms with van der Waals surface area (Å²) in [7, 11) is 1.68. The monoisotopic (exact) mass is 504 g/mol. The Morgan fingerprint density at radius 1 is 1.00 bits per heavy atom. The number of hydrogen-bond donors (Lipinski definition) is 1. The van der Waals surface area contributed by atoms with Crippen molar-refractivity contribution in [2.75, 3.05) is 46.4 Å². The zero-order chi connectivity index (χ0) is 26.5. The van der Waals surface area contributed by atoms with Crippen molar-refractivity contribution in [2.24, 2.45) is 0 Å². The van der Waals surface area contributed by atoms with Gasteiger partial charge in [0.1, 0.15) is 0 Å². The van der Waals surface area contributed by atoms with Gasteiger partial charge in [-0.2, -0.15) is 0 Å². The summed E-state index contributed by atoms with van der Waals surface area (Å²) in [4.78, 5) is 45.0. The standard InChI is InChI=1S/C29H36N4O4/c1-5-37-28(35)25-24(31(4)29(36)30-26(25)23-10-7-6-9-21(23)3)19-32-15-8-16-33(18-17-32)27(34)22-13-11-20(2)12-14-22/h6-7,9-14,26H,5,8,15-19H2,1-4H3,(H,30,36)/t26-/m1/s1. The first-order valence-electron chi connectivity index (χ1n) is 12.9. The van der Waals surface area contributed by atoms with Crippen LogP contribution in [0.15, 0.2) is 59.8 Å². The Bertz CT molecular complexity index is 1190. The number of urea groups is 1. The molecule has 0 spiro atoms. The second kappa shape index (κ2) is 11.6. The zero-order valence-electron chi connectivity index (χ0n) is 22.1. The van der Waals surface area contributed by atoms with Gasteiger partial charge in [-0.1, -0.05) is 42.0 Å². The van der Waals surface area contributed by atoms with Crippen LogP contribution in [0.1, 0.15) is 46.4 Å². The Balaban J connectivity index is 1.59. The highest BCUT2D eigenvalue weighted by Crippen LogP contribution is 2.33. The van der Waals surface area contributed by atoms with E-state index in [1.165, 1.54) is 4.90 Å². The van der Waals surface area contributed by atoms with E-state index < -0.39 is 12.0 Å². The highest BCUT2D eigenvalue weighted by atomic mass is 16.5. The van der Waals surface area contributed by atoms with Gasteiger partial charge in [0.25, 0.3) is 5.91 Å². The molecule has 0 aromatic heterocycles. The topological polar surface area (TPSA) is 82.2 Å². The molecule has 1 atom stereocenters. The van der Waals surface area contributed by atoms with Crippen LogP contribution >= 0.6 is 0 Å². The van der Waals surface area contributed by atoms with Crippen molar-refractivity contribution in [3.63, 3.8) is 0 Å². The summed E-state index contributed by atoms with van der Waals surface area (Å²) >= 11 is 0. The van der Waals surface area contributed by atoms with Crippen molar-refractivity contribution < 1.29 is 19.1 Å². The quantitative estimate of drug-likeness (QED) is 0.607. The lowest BCUT2D eigenvalue weighted by atomic mass is 9.91. The van der Waals surface area contributed by atoms with Crippen molar-refractivity contribution in [1.29, 1.82) is 0 Å². The summed E-state index contributed by atoms with van der Waals surface area (Å²) < 4.78 is 5.46. The number of amides is 3. The normalized spacial score (nSPS) is 18.9. The summed E-state index contributed by atoms with van der Waals surface area (Å²) in [6.07, 6.45) is 0.802. The molecule has 1 saturated heterocycles. The van der Waals surface area contributed by atoms with Crippen molar-refractivity contribution in [1.82, 2.24) is 20.0 Å². The van der Waals surface area contributed by atoms with E-state index in [0.717, 1.165) is 29.7 Å². The van der Waals surface area contributed by atoms with Crippen LogP contribution in [0.3, 0.4) is 0 Å². The summed E-state index contributed by atoms with van der Waals surface area (Å²) in [5.74, 6) is -0.398. The fraction of sp³-hybridized carbons (Fsp3) is 0.414. The molecule has 0 aliphatic carbocycles. The molecule has 8 nitrogen and oxygen atoms in total. The molecule has 0 saturated carbocycles. The molecule has 0 radical (unpaired) electrons. The zero-order valence-corrected chi connectivity index (χ0v) is 22.1. The number of aryl methyl sites for hydroxylation is 2. The number of benzene rings is 2. The maximum atomic E-state index is 13.3. The number of rotatable bonds is 6. The molecule has 1 fully saturated rings. The second-order valence-corrected chi connectivity index (χ2v) is 9.67. The second-order valence-electron chi connectivity index (χ2n) is 9.67. The molecular weight excluding hydrogens is 468 g/mol. The maximum Gasteiger partial charge on any atom is 0.338 e. The number of likely N-dealkylation sites (N-methyl/N-ethyl adjacent to an activating group) is 1. The van der Waals surface area contributed by atoms with E-state index in [9.17, 15) is 14.4 Å². The Morgan fingerprint density at radius 3 is 2.43 bits per heavy atom. The van der Waals surface area contributed by atoms with Gasteiger partial charge in [0.15, 0.2) is 0 Å². The van der Waals surface area contributed by atoms with Crippen molar-refractivity contribution in [3.8, 4) is 0 Å². The molecule has 2 aromatic carbocycles. The molecule has 2 aliphatic rings. The molecule has 1 N–H and O–H groups in total. The number of carbonyl (C=O) groups is 3. The smallest absolute Gasteiger partial charge is 0.338 e. The molecule has 8 heteroatoms. The fourth-order valence-corrected chi connectivity index (χ4v) is 4.96. The Labute approximate surface area is 218 Å². The average Bonchev–Trinajstić information content (AvgIpc) is 3.13. The number of nitrogens with zero attached hydrogens (tertiary/aromatic N) is 3. The van der Waals surface area contributed by atoms with E-state index in [4.69, 9.17) is 4.74 Å². The molecule has 4 rings (SSSR count). The summed E-state index contributed by atoms with van der Waals surface area (Å²) in [5, 5.41) is 2.99. The summed E-state index contributed by atoms with van der Waals surface area (Å²) in [5.41, 5.74) is 4.75. The Hall–Kier alpha value is -3.65. The van der Waals surface area contributed by atoms with E-state index in [2.05, 4.69) is 10.2 Å². The van der Waals surface area contributed by atoms with Gasteiger partial charge >= 0.3 is 12.0 Å². The van der Waals surface area contributed by atoms with Gasteiger partial charge in [0, 0.05) is 51.0 Å². The van der Waals surface area contributed by atoms with Crippen LogP contribution in [-0.4, -0.2) is 79.0 Å². The summed E-state index contributed by atoms with van der Waals surface area (Å²) in [6.45, 7) is 9.03. The third-order valence-electron chi connectivity index (χ3n) is 7.12. The molecule has 3 amide bonds. The van der Waals surface area contributed by atoms with Crippen LogP contribution < -0.4 is 5.32 Å². The highest BCUT2D eigenvalue weighted by molar-refractivity contribution is 5.95. The summed E-state index contributed by atoms with van der Waals surface area (Å²) in [6, 6.07) is 14.5. The molecule has 2 aliphatic heterocycles. The Morgan fingerprint density at radius 2 is 1.73 bits per heavy atom. The molecule has 196 valence electrons. The van der Waals surface area contributed by atoms with E-state index in [1.54, 1.807) is 14.0 Å².